The fourth-order valence-electron chi connectivity index (χ4n) is 3.66. The molecule has 2 aromatic carbocycles. The van der Waals surface area contributed by atoms with Gasteiger partial charge in [-0.25, -0.2) is 8.42 Å². The topological polar surface area (TPSA) is 82.3 Å². The Balaban J connectivity index is 1.73. The highest BCUT2D eigenvalue weighted by Gasteiger charge is 2.34. The Morgan fingerprint density at radius 3 is 2.61 bits per heavy atom. The van der Waals surface area contributed by atoms with Gasteiger partial charge in [0.05, 0.1) is 10.9 Å². The standard InChI is InChI=1S/C21H23N3O3S/c1-2-15-3-5-16(6-4-15)20-14-22-11-12-24(20)28(26,27)18-8-9-19-17(13-18)7-10-21(25)23-19/h3-10,13,20,22H,2,11-12,14H2,1H3,(H,23,25). The maximum Gasteiger partial charge on any atom is 0.248 e. The summed E-state index contributed by atoms with van der Waals surface area (Å²) in [6.45, 7) is 3.70. The van der Waals surface area contributed by atoms with E-state index < -0.39 is 10.0 Å². The SMILES string of the molecule is CCc1ccc(C2CNCCN2S(=O)(=O)c2ccc3[nH]c(=O)ccc3c2)cc1. The van der Waals surface area contributed by atoms with E-state index in [4.69, 9.17) is 0 Å². The molecular formula is C21H23N3O3S. The first kappa shape index (κ1) is 18.9. The van der Waals surface area contributed by atoms with Crippen LogP contribution in [0.3, 0.4) is 0 Å². The lowest BCUT2D eigenvalue weighted by Gasteiger charge is -2.35. The number of piperazine rings is 1. The van der Waals surface area contributed by atoms with Crippen LogP contribution in [0.25, 0.3) is 10.9 Å². The number of pyridine rings is 1. The van der Waals surface area contributed by atoms with Gasteiger partial charge in [-0.1, -0.05) is 31.2 Å². The second kappa shape index (κ2) is 7.50. The Kier molecular flexibility index (Phi) is 5.05. The molecule has 1 aliphatic heterocycles. The molecule has 1 aromatic heterocycles. The van der Waals surface area contributed by atoms with Crippen molar-refractivity contribution in [1.29, 1.82) is 0 Å². The van der Waals surface area contributed by atoms with Crippen molar-refractivity contribution in [3.63, 3.8) is 0 Å². The normalized spacial score (nSPS) is 18.4. The van der Waals surface area contributed by atoms with Gasteiger partial charge >= 0.3 is 0 Å². The molecule has 146 valence electrons. The maximum atomic E-state index is 13.4. The summed E-state index contributed by atoms with van der Waals surface area (Å²) in [6, 6.07) is 15.8. The molecule has 0 saturated carbocycles. The second-order valence-corrected chi connectivity index (χ2v) is 8.89. The molecule has 2 heterocycles. The van der Waals surface area contributed by atoms with Crippen LogP contribution in [0.2, 0.25) is 0 Å². The smallest absolute Gasteiger partial charge is 0.248 e. The van der Waals surface area contributed by atoms with Crippen LogP contribution >= 0.6 is 0 Å². The molecule has 1 unspecified atom stereocenters. The molecule has 0 aliphatic carbocycles. The molecule has 1 saturated heterocycles. The lowest BCUT2D eigenvalue weighted by atomic mass is 10.0. The van der Waals surface area contributed by atoms with E-state index in [9.17, 15) is 13.2 Å². The zero-order chi connectivity index (χ0) is 19.7. The number of rotatable bonds is 4. The number of hydrogen-bond donors (Lipinski definition) is 2. The average molecular weight is 398 g/mol. The summed E-state index contributed by atoms with van der Waals surface area (Å²) in [7, 11) is -3.68. The van der Waals surface area contributed by atoms with Crippen LogP contribution in [0.15, 0.2) is 64.3 Å². The summed E-state index contributed by atoms with van der Waals surface area (Å²) >= 11 is 0. The van der Waals surface area contributed by atoms with Crippen LogP contribution < -0.4 is 10.9 Å². The van der Waals surface area contributed by atoms with Crippen LogP contribution in [0.5, 0.6) is 0 Å². The molecule has 1 fully saturated rings. The molecule has 0 amide bonds. The summed E-state index contributed by atoms with van der Waals surface area (Å²) in [5.74, 6) is 0. The summed E-state index contributed by atoms with van der Waals surface area (Å²) in [4.78, 5) is 14.4. The monoisotopic (exact) mass is 397 g/mol. The summed E-state index contributed by atoms with van der Waals surface area (Å²) in [5.41, 5.74) is 2.63. The summed E-state index contributed by atoms with van der Waals surface area (Å²) in [5, 5.41) is 4.00. The number of nitrogens with zero attached hydrogens (tertiary/aromatic N) is 1. The number of benzene rings is 2. The third-order valence-electron chi connectivity index (χ3n) is 5.27. The van der Waals surface area contributed by atoms with Crippen LogP contribution in [0.1, 0.15) is 24.1 Å². The van der Waals surface area contributed by atoms with Crippen molar-refractivity contribution >= 4 is 20.9 Å². The Hall–Kier alpha value is -2.48. The Labute approximate surface area is 164 Å². The minimum Gasteiger partial charge on any atom is -0.322 e. The third-order valence-corrected chi connectivity index (χ3v) is 7.17. The van der Waals surface area contributed by atoms with Crippen molar-refractivity contribution < 1.29 is 8.42 Å². The van der Waals surface area contributed by atoms with E-state index in [2.05, 4.69) is 29.4 Å². The average Bonchev–Trinajstić information content (AvgIpc) is 2.73. The van der Waals surface area contributed by atoms with Crippen molar-refractivity contribution in [2.45, 2.75) is 24.3 Å². The van der Waals surface area contributed by atoms with Crippen LogP contribution in [0.4, 0.5) is 0 Å². The van der Waals surface area contributed by atoms with E-state index >= 15 is 0 Å². The van der Waals surface area contributed by atoms with Gasteiger partial charge in [0, 0.05) is 31.2 Å². The van der Waals surface area contributed by atoms with E-state index in [1.807, 2.05) is 12.1 Å². The molecule has 1 atom stereocenters. The summed E-state index contributed by atoms with van der Waals surface area (Å²) < 4.78 is 28.4. The highest BCUT2D eigenvalue weighted by Crippen LogP contribution is 2.30. The van der Waals surface area contributed by atoms with Crippen LogP contribution in [-0.2, 0) is 16.4 Å². The summed E-state index contributed by atoms with van der Waals surface area (Å²) in [6.07, 6.45) is 0.949. The minimum atomic E-state index is -3.68. The Morgan fingerprint density at radius 2 is 1.86 bits per heavy atom. The number of nitrogens with one attached hydrogen (secondary N) is 2. The first-order chi connectivity index (χ1) is 13.5. The fraction of sp³-hybridized carbons (Fsp3) is 0.286. The van der Waals surface area contributed by atoms with Gasteiger partial charge in [0.15, 0.2) is 0 Å². The van der Waals surface area contributed by atoms with Crippen molar-refractivity contribution in [3.05, 3.63) is 76.1 Å². The number of sulfonamides is 1. The van der Waals surface area contributed by atoms with Gasteiger partial charge < -0.3 is 10.3 Å². The molecule has 6 nitrogen and oxygen atoms in total. The molecule has 0 radical (unpaired) electrons. The first-order valence-electron chi connectivity index (χ1n) is 9.43. The number of aromatic amines is 1. The molecule has 28 heavy (non-hydrogen) atoms. The molecule has 4 rings (SSSR count). The van der Waals surface area contributed by atoms with E-state index in [-0.39, 0.29) is 16.5 Å². The Bertz CT molecular complexity index is 1150. The molecule has 7 heteroatoms. The predicted molar refractivity (Wildman–Crippen MR) is 110 cm³/mol. The van der Waals surface area contributed by atoms with Crippen molar-refractivity contribution in [1.82, 2.24) is 14.6 Å². The highest BCUT2D eigenvalue weighted by atomic mass is 32.2. The van der Waals surface area contributed by atoms with E-state index in [1.54, 1.807) is 28.6 Å². The minimum absolute atomic E-state index is 0.208. The van der Waals surface area contributed by atoms with E-state index in [0.29, 0.717) is 30.5 Å². The van der Waals surface area contributed by atoms with Gasteiger partial charge in [0.2, 0.25) is 15.6 Å². The number of H-pyrrole nitrogens is 1. The van der Waals surface area contributed by atoms with Gasteiger partial charge in [0.1, 0.15) is 0 Å². The van der Waals surface area contributed by atoms with Gasteiger partial charge in [-0.05, 0) is 47.2 Å². The van der Waals surface area contributed by atoms with Crippen molar-refractivity contribution in [2.24, 2.45) is 0 Å². The Morgan fingerprint density at radius 1 is 1.07 bits per heavy atom. The predicted octanol–water partition coefficient (Wildman–Crippen LogP) is 2.43. The van der Waals surface area contributed by atoms with E-state index in [1.165, 1.54) is 11.6 Å². The number of aryl methyl sites for hydroxylation is 1. The molecule has 0 bridgehead atoms. The van der Waals surface area contributed by atoms with Crippen molar-refractivity contribution in [3.8, 4) is 0 Å². The van der Waals surface area contributed by atoms with Gasteiger partial charge in [-0.2, -0.15) is 4.31 Å². The number of aromatic nitrogens is 1. The molecule has 0 spiro atoms. The van der Waals surface area contributed by atoms with Gasteiger partial charge in [-0.3, -0.25) is 4.79 Å². The molecule has 1 aliphatic rings. The van der Waals surface area contributed by atoms with Crippen LogP contribution in [-0.4, -0.2) is 37.3 Å². The second-order valence-electron chi connectivity index (χ2n) is 7.00. The lowest BCUT2D eigenvalue weighted by molar-refractivity contribution is 0.271. The fourth-order valence-corrected chi connectivity index (χ4v) is 5.31. The highest BCUT2D eigenvalue weighted by molar-refractivity contribution is 7.89. The largest absolute Gasteiger partial charge is 0.322 e. The van der Waals surface area contributed by atoms with Gasteiger partial charge in [-0.15, -0.1) is 0 Å². The maximum absolute atomic E-state index is 13.4. The molecule has 2 N–H and O–H groups in total. The van der Waals surface area contributed by atoms with Crippen molar-refractivity contribution in [2.75, 3.05) is 19.6 Å². The first-order valence-corrected chi connectivity index (χ1v) is 10.9. The molecular weight excluding hydrogens is 374 g/mol. The number of fused-ring (bicyclic) bond motifs is 1. The number of hydrogen-bond acceptors (Lipinski definition) is 4. The lowest BCUT2D eigenvalue weighted by Crippen LogP contribution is -2.48. The quantitative estimate of drug-likeness (QED) is 0.708. The zero-order valence-electron chi connectivity index (χ0n) is 15.7. The van der Waals surface area contributed by atoms with Crippen LogP contribution in [0, 0.1) is 0 Å². The third kappa shape index (κ3) is 3.48. The van der Waals surface area contributed by atoms with Gasteiger partial charge in [0.25, 0.3) is 0 Å². The van der Waals surface area contributed by atoms with E-state index in [0.717, 1.165) is 12.0 Å². The molecule has 3 aromatic rings. The zero-order valence-corrected chi connectivity index (χ0v) is 16.5.